The van der Waals surface area contributed by atoms with Gasteiger partial charge in [-0.25, -0.2) is 0 Å². The Bertz CT molecular complexity index is 719. The van der Waals surface area contributed by atoms with Crippen molar-refractivity contribution in [3.05, 3.63) is 71.3 Å². The summed E-state index contributed by atoms with van der Waals surface area (Å²) >= 11 is 0. The summed E-state index contributed by atoms with van der Waals surface area (Å²) in [6, 6.07) is 13.8. The summed E-state index contributed by atoms with van der Waals surface area (Å²) in [6.45, 7) is 0. The highest BCUT2D eigenvalue weighted by Gasteiger charge is 2.40. The number of fused-ring (bicyclic) bond motifs is 1. The number of hydrogen-bond donors (Lipinski definition) is 0. The Hall–Kier alpha value is -2.95. The van der Waals surface area contributed by atoms with E-state index in [1.807, 2.05) is 0 Å². The number of amides is 2. The molecule has 110 valence electrons. The number of carbonyl (C=O) groups is 3. The van der Waals surface area contributed by atoms with Crippen LogP contribution in [-0.2, 0) is 11.2 Å². The van der Waals surface area contributed by atoms with Gasteiger partial charge in [0, 0.05) is 0 Å². The van der Waals surface area contributed by atoms with Gasteiger partial charge < -0.3 is 9.90 Å². The predicted octanol–water partition coefficient (Wildman–Crippen LogP) is 0.644. The lowest BCUT2D eigenvalue weighted by molar-refractivity contribution is -0.310. The number of benzene rings is 2. The van der Waals surface area contributed by atoms with Crippen LogP contribution in [0.1, 0.15) is 26.3 Å². The van der Waals surface area contributed by atoms with Gasteiger partial charge in [0.25, 0.3) is 11.8 Å². The second-order valence-electron chi connectivity index (χ2n) is 5.05. The third kappa shape index (κ3) is 2.26. The van der Waals surface area contributed by atoms with E-state index in [-0.39, 0.29) is 17.5 Å². The number of imide groups is 1. The number of carboxylic acid groups (broad SMARTS) is 1. The summed E-state index contributed by atoms with van der Waals surface area (Å²) in [6.07, 6.45) is 0.0225. The third-order valence-corrected chi connectivity index (χ3v) is 3.68. The van der Waals surface area contributed by atoms with Crippen LogP contribution in [0.25, 0.3) is 0 Å². The Morgan fingerprint density at radius 3 is 1.91 bits per heavy atom. The van der Waals surface area contributed by atoms with Crippen molar-refractivity contribution in [3.8, 4) is 0 Å². The van der Waals surface area contributed by atoms with Gasteiger partial charge in [0.2, 0.25) is 0 Å². The molecule has 2 amide bonds. The minimum Gasteiger partial charge on any atom is -0.548 e. The zero-order valence-corrected chi connectivity index (χ0v) is 11.6. The maximum atomic E-state index is 12.4. The van der Waals surface area contributed by atoms with E-state index in [9.17, 15) is 19.5 Å². The van der Waals surface area contributed by atoms with Crippen LogP contribution in [0.4, 0.5) is 0 Å². The molecule has 1 atom stereocenters. The van der Waals surface area contributed by atoms with Crippen LogP contribution in [-0.4, -0.2) is 28.7 Å². The number of rotatable bonds is 4. The van der Waals surface area contributed by atoms with Crippen molar-refractivity contribution in [2.75, 3.05) is 0 Å². The van der Waals surface area contributed by atoms with Gasteiger partial charge in [-0.2, -0.15) is 0 Å². The van der Waals surface area contributed by atoms with Crippen molar-refractivity contribution in [3.63, 3.8) is 0 Å². The summed E-state index contributed by atoms with van der Waals surface area (Å²) in [5.41, 5.74) is 1.17. The fourth-order valence-electron chi connectivity index (χ4n) is 2.61. The first-order valence-corrected chi connectivity index (χ1v) is 6.81. The quantitative estimate of drug-likeness (QED) is 0.775. The Morgan fingerprint density at radius 2 is 1.41 bits per heavy atom. The molecule has 2 aromatic carbocycles. The minimum absolute atomic E-state index is 0.0225. The van der Waals surface area contributed by atoms with E-state index in [2.05, 4.69) is 0 Å². The second kappa shape index (κ2) is 5.44. The van der Waals surface area contributed by atoms with Gasteiger partial charge in [-0.1, -0.05) is 42.5 Å². The fourth-order valence-corrected chi connectivity index (χ4v) is 2.61. The highest BCUT2D eigenvalue weighted by molar-refractivity contribution is 6.22. The molecule has 0 bridgehead atoms. The van der Waals surface area contributed by atoms with Crippen molar-refractivity contribution in [1.82, 2.24) is 4.90 Å². The molecule has 1 aliphatic rings. The van der Waals surface area contributed by atoms with E-state index in [1.165, 1.54) is 12.1 Å². The van der Waals surface area contributed by atoms with Gasteiger partial charge in [0.1, 0.15) is 0 Å². The molecular formula is C17H12NO4-. The van der Waals surface area contributed by atoms with Crippen LogP contribution in [0.5, 0.6) is 0 Å². The van der Waals surface area contributed by atoms with Crippen LogP contribution >= 0.6 is 0 Å². The van der Waals surface area contributed by atoms with Crippen LogP contribution in [0.15, 0.2) is 54.6 Å². The largest absolute Gasteiger partial charge is 0.548 e. The summed E-state index contributed by atoms with van der Waals surface area (Å²) in [5.74, 6) is -2.63. The number of nitrogens with zero attached hydrogens (tertiary/aromatic N) is 1. The van der Waals surface area contributed by atoms with Crippen molar-refractivity contribution < 1.29 is 19.5 Å². The van der Waals surface area contributed by atoms with E-state index in [0.29, 0.717) is 5.56 Å². The predicted molar refractivity (Wildman–Crippen MR) is 75.9 cm³/mol. The minimum atomic E-state index is -1.45. The molecule has 0 aliphatic carbocycles. The molecule has 0 radical (unpaired) electrons. The van der Waals surface area contributed by atoms with Crippen molar-refractivity contribution >= 4 is 17.8 Å². The SMILES string of the molecule is O=C([O-])C(Cc1ccccc1)N1C(=O)c2ccccc2C1=O. The first-order valence-electron chi connectivity index (χ1n) is 6.81. The van der Waals surface area contributed by atoms with E-state index in [4.69, 9.17) is 0 Å². The number of carboxylic acids is 1. The third-order valence-electron chi connectivity index (χ3n) is 3.68. The summed E-state index contributed by atoms with van der Waals surface area (Å²) in [5, 5.41) is 11.5. The molecule has 1 unspecified atom stereocenters. The molecule has 22 heavy (non-hydrogen) atoms. The number of aliphatic carboxylic acids is 1. The van der Waals surface area contributed by atoms with E-state index < -0.39 is 23.8 Å². The molecule has 0 N–H and O–H groups in total. The molecule has 0 saturated carbocycles. The zero-order chi connectivity index (χ0) is 15.7. The average Bonchev–Trinajstić information content (AvgIpc) is 2.78. The lowest BCUT2D eigenvalue weighted by Gasteiger charge is -2.27. The smallest absolute Gasteiger partial charge is 0.262 e. The lowest BCUT2D eigenvalue weighted by Crippen LogP contribution is -2.51. The second-order valence-corrected chi connectivity index (χ2v) is 5.05. The van der Waals surface area contributed by atoms with E-state index >= 15 is 0 Å². The zero-order valence-electron chi connectivity index (χ0n) is 11.6. The Labute approximate surface area is 126 Å². The Balaban J connectivity index is 1.95. The molecular weight excluding hydrogens is 282 g/mol. The average molecular weight is 294 g/mol. The molecule has 2 aromatic rings. The molecule has 5 heteroatoms. The van der Waals surface area contributed by atoms with E-state index in [0.717, 1.165) is 4.90 Å². The monoisotopic (exact) mass is 294 g/mol. The van der Waals surface area contributed by atoms with Crippen LogP contribution in [0.3, 0.4) is 0 Å². The molecule has 1 aliphatic heterocycles. The topological polar surface area (TPSA) is 77.5 Å². The Kier molecular flexibility index (Phi) is 3.47. The normalized spacial score (nSPS) is 14.8. The molecule has 0 spiro atoms. The summed E-state index contributed by atoms with van der Waals surface area (Å²) < 4.78 is 0. The highest BCUT2D eigenvalue weighted by atomic mass is 16.4. The maximum absolute atomic E-state index is 12.4. The summed E-state index contributed by atoms with van der Waals surface area (Å²) in [7, 11) is 0. The number of hydrogen-bond acceptors (Lipinski definition) is 4. The molecule has 5 nitrogen and oxygen atoms in total. The van der Waals surface area contributed by atoms with Crippen molar-refractivity contribution in [1.29, 1.82) is 0 Å². The molecule has 0 fully saturated rings. The molecule has 1 heterocycles. The maximum Gasteiger partial charge on any atom is 0.262 e. The van der Waals surface area contributed by atoms with E-state index in [1.54, 1.807) is 42.5 Å². The first-order chi connectivity index (χ1) is 10.6. The van der Waals surface area contributed by atoms with Gasteiger partial charge in [-0.3, -0.25) is 14.5 Å². The highest BCUT2D eigenvalue weighted by Crippen LogP contribution is 2.25. The molecule has 0 saturated heterocycles. The van der Waals surface area contributed by atoms with Crippen LogP contribution in [0, 0.1) is 0 Å². The lowest BCUT2D eigenvalue weighted by atomic mass is 10.0. The Morgan fingerprint density at radius 1 is 0.909 bits per heavy atom. The van der Waals surface area contributed by atoms with Crippen molar-refractivity contribution in [2.24, 2.45) is 0 Å². The first kappa shape index (κ1) is 14.0. The summed E-state index contributed by atoms with van der Waals surface area (Å²) in [4.78, 5) is 37.0. The van der Waals surface area contributed by atoms with Gasteiger partial charge in [0.15, 0.2) is 0 Å². The van der Waals surface area contributed by atoms with Crippen molar-refractivity contribution in [2.45, 2.75) is 12.5 Å². The molecule has 3 rings (SSSR count). The standard InChI is InChI=1S/C17H13NO4/c19-15-12-8-4-5-9-13(12)16(20)18(15)14(17(21)22)10-11-6-2-1-3-7-11/h1-9,14H,10H2,(H,21,22)/p-1. The van der Waals surface area contributed by atoms with Crippen LogP contribution in [0.2, 0.25) is 0 Å². The van der Waals surface area contributed by atoms with Gasteiger partial charge in [0.05, 0.1) is 23.1 Å². The fraction of sp³-hybridized carbons (Fsp3) is 0.118. The van der Waals surface area contributed by atoms with Gasteiger partial charge in [-0.15, -0.1) is 0 Å². The van der Waals surface area contributed by atoms with Crippen LogP contribution < -0.4 is 5.11 Å². The molecule has 0 aromatic heterocycles. The number of carbonyl (C=O) groups excluding carboxylic acids is 3. The van der Waals surface area contributed by atoms with Gasteiger partial charge >= 0.3 is 0 Å². The van der Waals surface area contributed by atoms with Gasteiger partial charge in [-0.05, 0) is 24.1 Å².